The molecular weight excluding hydrogens is 322 g/mol. The van der Waals surface area contributed by atoms with Gasteiger partial charge < -0.3 is 4.90 Å². The van der Waals surface area contributed by atoms with Crippen LogP contribution in [-0.2, 0) is 0 Å². The minimum atomic E-state index is -0.0252. The maximum absolute atomic E-state index is 12.9. The summed E-state index contributed by atoms with van der Waals surface area (Å²) in [6.45, 7) is 8.85. The van der Waals surface area contributed by atoms with Gasteiger partial charge >= 0.3 is 0 Å². The van der Waals surface area contributed by atoms with Gasteiger partial charge in [0.05, 0.1) is 11.4 Å². The van der Waals surface area contributed by atoms with Gasteiger partial charge in [0, 0.05) is 13.6 Å². The number of allylic oxidation sites excluding steroid dienone is 3. The van der Waals surface area contributed by atoms with Crippen LogP contribution in [0.2, 0.25) is 0 Å². The molecule has 1 heterocycles. The number of amides is 1. The summed E-state index contributed by atoms with van der Waals surface area (Å²) >= 11 is 0. The van der Waals surface area contributed by atoms with E-state index < -0.39 is 0 Å². The number of rotatable bonds is 7. The number of carbonyl (C=O) groups is 1. The summed E-state index contributed by atoms with van der Waals surface area (Å²) in [7, 11) is 1.83. The molecule has 0 unspecified atom stereocenters. The first-order valence-electron chi connectivity index (χ1n) is 9.05. The van der Waals surface area contributed by atoms with Gasteiger partial charge in [-0.15, -0.1) is 0 Å². The lowest BCUT2D eigenvalue weighted by molar-refractivity contribution is 0.0801. The lowest BCUT2D eigenvalue weighted by Gasteiger charge is -2.16. The smallest absolute Gasteiger partial charge is 0.272 e. The second-order valence-corrected chi connectivity index (χ2v) is 6.97. The van der Waals surface area contributed by atoms with Gasteiger partial charge in [-0.3, -0.25) is 4.79 Å². The molecule has 0 aliphatic heterocycles. The fourth-order valence-corrected chi connectivity index (χ4v) is 2.68. The fraction of sp³-hybridized carbons (Fsp3) is 0.364. The average molecular weight is 351 g/mol. The molecule has 26 heavy (non-hydrogen) atoms. The normalized spacial score (nSPS) is 11.3. The van der Waals surface area contributed by atoms with E-state index in [1.807, 2.05) is 50.4 Å². The van der Waals surface area contributed by atoms with Gasteiger partial charge in [-0.25, -0.2) is 4.68 Å². The fourth-order valence-electron chi connectivity index (χ4n) is 2.68. The first-order valence-corrected chi connectivity index (χ1v) is 9.05. The van der Waals surface area contributed by atoms with E-state index in [1.165, 1.54) is 11.1 Å². The van der Waals surface area contributed by atoms with Gasteiger partial charge in [0.1, 0.15) is 5.69 Å². The van der Waals surface area contributed by atoms with Crippen LogP contribution in [0.15, 0.2) is 59.7 Å². The summed E-state index contributed by atoms with van der Waals surface area (Å²) < 4.78 is 1.72. The molecule has 0 saturated carbocycles. The van der Waals surface area contributed by atoms with Crippen molar-refractivity contribution in [1.82, 2.24) is 14.7 Å². The van der Waals surface area contributed by atoms with Crippen molar-refractivity contribution in [2.45, 2.75) is 40.5 Å². The predicted molar refractivity (Wildman–Crippen MR) is 108 cm³/mol. The monoisotopic (exact) mass is 351 g/mol. The summed E-state index contributed by atoms with van der Waals surface area (Å²) in [5.41, 5.74) is 4.96. The van der Waals surface area contributed by atoms with E-state index in [4.69, 9.17) is 0 Å². The van der Waals surface area contributed by atoms with Crippen molar-refractivity contribution in [3.05, 3.63) is 71.1 Å². The third-order valence-electron chi connectivity index (χ3n) is 4.20. The molecule has 4 heteroatoms. The van der Waals surface area contributed by atoms with Crippen LogP contribution in [0.1, 0.15) is 49.8 Å². The quantitative estimate of drug-likeness (QED) is 0.662. The average Bonchev–Trinajstić information content (AvgIpc) is 3.01. The molecule has 0 N–H and O–H groups in total. The van der Waals surface area contributed by atoms with Crippen LogP contribution in [0.3, 0.4) is 0 Å². The topological polar surface area (TPSA) is 38.1 Å². The van der Waals surface area contributed by atoms with Crippen molar-refractivity contribution < 1.29 is 4.79 Å². The molecule has 2 aromatic rings. The van der Waals surface area contributed by atoms with Crippen LogP contribution < -0.4 is 0 Å². The molecular formula is C22H29N3O. The minimum Gasteiger partial charge on any atom is -0.337 e. The summed E-state index contributed by atoms with van der Waals surface area (Å²) in [6.07, 6.45) is 6.44. The molecule has 1 aromatic heterocycles. The maximum atomic E-state index is 12.9. The highest BCUT2D eigenvalue weighted by Crippen LogP contribution is 2.14. The zero-order chi connectivity index (χ0) is 19.1. The van der Waals surface area contributed by atoms with E-state index in [0.717, 1.165) is 24.2 Å². The van der Waals surface area contributed by atoms with Gasteiger partial charge in [-0.2, -0.15) is 5.10 Å². The molecule has 0 saturated heterocycles. The Kier molecular flexibility index (Phi) is 6.96. The number of hydrogen-bond donors (Lipinski definition) is 0. The van der Waals surface area contributed by atoms with E-state index in [-0.39, 0.29) is 5.91 Å². The Bertz CT molecular complexity index is 796. The molecule has 0 aliphatic rings. The summed E-state index contributed by atoms with van der Waals surface area (Å²) in [5.74, 6) is -0.0252. The standard InChI is InChI=1S/C22H29N3O/c1-17(2)10-9-11-18(3)14-15-24(5)22(26)21-16-19(4)23-25(21)20-12-7-6-8-13-20/h6-8,10,12-14,16H,9,11,15H2,1-5H3/b18-14+. The van der Waals surface area contributed by atoms with Gasteiger partial charge in [0.25, 0.3) is 5.91 Å². The van der Waals surface area contributed by atoms with E-state index in [1.54, 1.807) is 9.58 Å². The Hall–Kier alpha value is -2.62. The second kappa shape index (κ2) is 9.18. The van der Waals surface area contributed by atoms with Crippen LogP contribution in [0.25, 0.3) is 5.69 Å². The van der Waals surface area contributed by atoms with Crippen LogP contribution in [0.5, 0.6) is 0 Å². The largest absolute Gasteiger partial charge is 0.337 e. The number of para-hydroxylation sites is 1. The molecule has 0 radical (unpaired) electrons. The highest BCUT2D eigenvalue weighted by molar-refractivity contribution is 5.93. The van der Waals surface area contributed by atoms with Gasteiger partial charge in [-0.05, 0) is 58.7 Å². The lowest BCUT2D eigenvalue weighted by atomic mass is 10.1. The van der Waals surface area contributed by atoms with Crippen molar-refractivity contribution in [3.63, 3.8) is 0 Å². The van der Waals surface area contributed by atoms with Gasteiger partial charge in [0.15, 0.2) is 0 Å². The third kappa shape index (κ3) is 5.45. The molecule has 138 valence electrons. The zero-order valence-electron chi connectivity index (χ0n) is 16.5. The van der Waals surface area contributed by atoms with Crippen molar-refractivity contribution in [3.8, 4) is 5.69 Å². The van der Waals surface area contributed by atoms with Gasteiger partial charge in [0.2, 0.25) is 0 Å². The van der Waals surface area contributed by atoms with E-state index >= 15 is 0 Å². The molecule has 0 fully saturated rings. The van der Waals surface area contributed by atoms with Crippen LogP contribution in [0, 0.1) is 6.92 Å². The molecule has 1 aromatic carbocycles. The summed E-state index contributed by atoms with van der Waals surface area (Å²) in [6, 6.07) is 11.6. The summed E-state index contributed by atoms with van der Waals surface area (Å²) in [5, 5.41) is 4.48. The van der Waals surface area contributed by atoms with Crippen molar-refractivity contribution in [2.24, 2.45) is 0 Å². The molecule has 0 aliphatic carbocycles. The maximum Gasteiger partial charge on any atom is 0.272 e. The number of hydrogen-bond acceptors (Lipinski definition) is 2. The van der Waals surface area contributed by atoms with Crippen LogP contribution >= 0.6 is 0 Å². The molecule has 0 spiro atoms. The Morgan fingerprint density at radius 2 is 1.85 bits per heavy atom. The first-order chi connectivity index (χ1) is 12.4. The molecule has 0 atom stereocenters. The van der Waals surface area contributed by atoms with E-state index in [2.05, 4.69) is 38.0 Å². The van der Waals surface area contributed by atoms with Crippen molar-refractivity contribution in [2.75, 3.05) is 13.6 Å². The lowest BCUT2D eigenvalue weighted by Crippen LogP contribution is -2.29. The Morgan fingerprint density at radius 1 is 1.15 bits per heavy atom. The SMILES string of the molecule is CC(C)=CCC/C(C)=C/CN(C)C(=O)c1cc(C)nn1-c1ccccc1. The number of nitrogens with zero attached hydrogens (tertiary/aromatic N) is 3. The third-order valence-corrected chi connectivity index (χ3v) is 4.20. The van der Waals surface area contributed by atoms with E-state index in [0.29, 0.717) is 12.2 Å². The Balaban J connectivity index is 2.08. The number of likely N-dealkylation sites (N-methyl/N-ethyl adjacent to an activating group) is 1. The number of aromatic nitrogens is 2. The highest BCUT2D eigenvalue weighted by Gasteiger charge is 2.18. The number of carbonyl (C=O) groups excluding carboxylic acids is 1. The second-order valence-electron chi connectivity index (χ2n) is 6.97. The Labute approximate surface area is 156 Å². The number of aryl methyl sites for hydroxylation is 1. The van der Waals surface area contributed by atoms with E-state index in [9.17, 15) is 4.79 Å². The predicted octanol–water partition coefficient (Wildman–Crippen LogP) is 4.95. The molecule has 2 rings (SSSR count). The van der Waals surface area contributed by atoms with Gasteiger partial charge in [-0.1, -0.05) is 41.5 Å². The molecule has 1 amide bonds. The summed E-state index contributed by atoms with van der Waals surface area (Å²) in [4.78, 5) is 14.6. The molecule has 0 bridgehead atoms. The first kappa shape index (κ1) is 19.7. The van der Waals surface area contributed by atoms with Crippen LogP contribution in [0.4, 0.5) is 0 Å². The minimum absolute atomic E-state index is 0.0252. The van der Waals surface area contributed by atoms with Crippen LogP contribution in [-0.4, -0.2) is 34.2 Å². The zero-order valence-corrected chi connectivity index (χ0v) is 16.5. The highest BCUT2D eigenvalue weighted by atomic mass is 16.2. The Morgan fingerprint density at radius 3 is 2.50 bits per heavy atom. The molecule has 4 nitrogen and oxygen atoms in total. The number of benzene rings is 1. The van der Waals surface area contributed by atoms with Crippen molar-refractivity contribution >= 4 is 5.91 Å². The van der Waals surface area contributed by atoms with Crippen molar-refractivity contribution in [1.29, 1.82) is 0 Å².